The van der Waals surface area contributed by atoms with Gasteiger partial charge in [0.1, 0.15) is 5.82 Å². The standard InChI is InChI=1S/C12H13BrFNO2/c13-10-5-9(14)2-1-8(10)6-12(11(16)17)3-4-15-7-12/h1-2,5,15H,3-4,6-7H2,(H,16,17). The van der Waals surface area contributed by atoms with E-state index in [1.165, 1.54) is 12.1 Å². The van der Waals surface area contributed by atoms with Gasteiger partial charge >= 0.3 is 5.97 Å². The van der Waals surface area contributed by atoms with E-state index in [2.05, 4.69) is 21.2 Å². The highest BCUT2D eigenvalue weighted by Crippen LogP contribution is 2.33. The number of carbonyl (C=O) groups is 1. The highest BCUT2D eigenvalue weighted by atomic mass is 79.9. The van der Waals surface area contributed by atoms with Gasteiger partial charge < -0.3 is 10.4 Å². The predicted octanol–water partition coefficient (Wildman–Crippen LogP) is 2.20. The molecule has 5 heteroatoms. The molecule has 1 aliphatic rings. The zero-order valence-electron chi connectivity index (χ0n) is 9.17. The molecule has 17 heavy (non-hydrogen) atoms. The predicted molar refractivity (Wildman–Crippen MR) is 65.4 cm³/mol. The summed E-state index contributed by atoms with van der Waals surface area (Å²) in [6.07, 6.45) is 1.02. The lowest BCUT2D eigenvalue weighted by molar-refractivity contribution is -0.147. The van der Waals surface area contributed by atoms with E-state index in [1.54, 1.807) is 6.07 Å². The van der Waals surface area contributed by atoms with E-state index in [9.17, 15) is 14.3 Å². The number of hydrogen-bond acceptors (Lipinski definition) is 2. The van der Waals surface area contributed by atoms with Gasteiger partial charge in [-0.2, -0.15) is 0 Å². The molecule has 0 radical (unpaired) electrons. The average Bonchev–Trinajstić information content (AvgIpc) is 2.72. The summed E-state index contributed by atoms with van der Waals surface area (Å²) in [7, 11) is 0. The Hall–Kier alpha value is -0.940. The van der Waals surface area contributed by atoms with E-state index >= 15 is 0 Å². The van der Waals surface area contributed by atoms with Crippen LogP contribution in [0.4, 0.5) is 4.39 Å². The molecule has 0 aromatic heterocycles. The van der Waals surface area contributed by atoms with Gasteiger partial charge in [0.05, 0.1) is 5.41 Å². The van der Waals surface area contributed by atoms with E-state index in [0.717, 1.165) is 5.56 Å². The highest BCUT2D eigenvalue weighted by Gasteiger charge is 2.41. The largest absolute Gasteiger partial charge is 0.481 e. The topological polar surface area (TPSA) is 49.3 Å². The van der Waals surface area contributed by atoms with Crippen molar-refractivity contribution in [1.82, 2.24) is 5.32 Å². The van der Waals surface area contributed by atoms with Crippen LogP contribution in [-0.2, 0) is 11.2 Å². The number of rotatable bonds is 3. The van der Waals surface area contributed by atoms with Crippen molar-refractivity contribution in [2.24, 2.45) is 5.41 Å². The van der Waals surface area contributed by atoms with Gasteiger partial charge in [0, 0.05) is 11.0 Å². The summed E-state index contributed by atoms with van der Waals surface area (Å²) in [5.74, 6) is -1.12. The molecule has 0 bridgehead atoms. The van der Waals surface area contributed by atoms with Crippen molar-refractivity contribution in [2.45, 2.75) is 12.8 Å². The number of nitrogens with one attached hydrogen (secondary N) is 1. The van der Waals surface area contributed by atoms with Crippen LogP contribution >= 0.6 is 15.9 Å². The summed E-state index contributed by atoms with van der Waals surface area (Å²) in [4.78, 5) is 11.4. The van der Waals surface area contributed by atoms with Gasteiger partial charge in [0.25, 0.3) is 0 Å². The van der Waals surface area contributed by atoms with Crippen LogP contribution in [0.25, 0.3) is 0 Å². The third-order valence-corrected chi connectivity index (χ3v) is 3.98. The maximum atomic E-state index is 13.0. The number of carboxylic acids is 1. The van der Waals surface area contributed by atoms with Gasteiger partial charge in [-0.3, -0.25) is 4.79 Å². The lowest BCUT2D eigenvalue weighted by Crippen LogP contribution is -2.35. The lowest BCUT2D eigenvalue weighted by atomic mass is 9.81. The van der Waals surface area contributed by atoms with Crippen molar-refractivity contribution in [2.75, 3.05) is 13.1 Å². The van der Waals surface area contributed by atoms with E-state index in [4.69, 9.17) is 0 Å². The molecule has 1 atom stereocenters. The van der Waals surface area contributed by atoms with Crippen molar-refractivity contribution in [1.29, 1.82) is 0 Å². The fraction of sp³-hybridized carbons (Fsp3) is 0.417. The van der Waals surface area contributed by atoms with E-state index in [0.29, 0.717) is 30.4 Å². The van der Waals surface area contributed by atoms with Crippen molar-refractivity contribution in [3.63, 3.8) is 0 Å². The van der Waals surface area contributed by atoms with Crippen molar-refractivity contribution < 1.29 is 14.3 Å². The number of benzene rings is 1. The maximum Gasteiger partial charge on any atom is 0.311 e. The van der Waals surface area contributed by atoms with Crippen LogP contribution in [0.3, 0.4) is 0 Å². The fourth-order valence-corrected chi connectivity index (χ4v) is 2.67. The molecule has 1 aromatic carbocycles. The first-order valence-corrected chi connectivity index (χ1v) is 6.21. The molecule has 1 heterocycles. The number of carboxylic acid groups (broad SMARTS) is 1. The molecule has 1 aliphatic heterocycles. The Morgan fingerprint density at radius 3 is 2.88 bits per heavy atom. The second kappa shape index (κ2) is 4.74. The molecule has 2 N–H and O–H groups in total. The zero-order valence-corrected chi connectivity index (χ0v) is 10.8. The molecule has 1 fully saturated rings. The maximum absolute atomic E-state index is 13.0. The van der Waals surface area contributed by atoms with Crippen LogP contribution in [0.1, 0.15) is 12.0 Å². The molecule has 0 aliphatic carbocycles. The third-order valence-electron chi connectivity index (χ3n) is 3.24. The quantitative estimate of drug-likeness (QED) is 0.900. The van der Waals surface area contributed by atoms with Gasteiger partial charge in [0.15, 0.2) is 0 Å². The number of hydrogen-bond donors (Lipinski definition) is 2. The third kappa shape index (κ3) is 2.50. The van der Waals surface area contributed by atoms with Crippen LogP contribution < -0.4 is 5.32 Å². The van der Waals surface area contributed by atoms with Crippen molar-refractivity contribution in [3.05, 3.63) is 34.1 Å². The Bertz CT molecular complexity index is 444. The van der Waals surface area contributed by atoms with Gasteiger partial charge in [0.2, 0.25) is 0 Å². The summed E-state index contributed by atoms with van der Waals surface area (Å²) in [6.45, 7) is 1.18. The smallest absolute Gasteiger partial charge is 0.311 e. The molecular weight excluding hydrogens is 289 g/mol. The molecule has 3 nitrogen and oxygen atoms in total. The second-order valence-electron chi connectivity index (χ2n) is 4.42. The van der Waals surface area contributed by atoms with Crippen LogP contribution in [0, 0.1) is 11.2 Å². The molecule has 0 amide bonds. The average molecular weight is 302 g/mol. The minimum Gasteiger partial charge on any atom is -0.481 e. The van der Waals surface area contributed by atoms with E-state index in [1.807, 2.05) is 0 Å². The van der Waals surface area contributed by atoms with E-state index < -0.39 is 11.4 Å². The molecular formula is C12H13BrFNO2. The molecule has 1 saturated heterocycles. The number of aliphatic carboxylic acids is 1. The minimum atomic E-state index is -0.793. The molecule has 1 unspecified atom stereocenters. The molecule has 92 valence electrons. The summed E-state index contributed by atoms with van der Waals surface area (Å²) in [5.41, 5.74) is 0.0675. The second-order valence-corrected chi connectivity index (χ2v) is 5.28. The normalized spacial score (nSPS) is 23.9. The van der Waals surface area contributed by atoms with Crippen LogP contribution in [-0.4, -0.2) is 24.2 Å². The molecule has 1 aromatic rings. The first kappa shape index (κ1) is 12.5. The monoisotopic (exact) mass is 301 g/mol. The Morgan fingerprint density at radius 1 is 1.59 bits per heavy atom. The Morgan fingerprint density at radius 2 is 2.35 bits per heavy atom. The minimum absolute atomic E-state index is 0.324. The van der Waals surface area contributed by atoms with Gasteiger partial charge in [-0.1, -0.05) is 22.0 Å². The van der Waals surface area contributed by atoms with Crippen molar-refractivity contribution >= 4 is 21.9 Å². The summed E-state index contributed by atoms with van der Waals surface area (Å²) < 4.78 is 13.6. The van der Waals surface area contributed by atoms with Crippen LogP contribution in [0.2, 0.25) is 0 Å². The fourth-order valence-electron chi connectivity index (χ4n) is 2.18. The lowest BCUT2D eigenvalue weighted by Gasteiger charge is -2.23. The highest BCUT2D eigenvalue weighted by molar-refractivity contribution is 9.10. The van der Waals surface area contributed by atoms with Crippen LogP contribution in [0.5, 0.6) is 0 Å². The Balaban J connectivity index is 2.26. The van der Waals surface area contributed by atoms with Gasteiger partial charge in [-0.15, -0.1) is 0 Å². The van der Waals surface area contributed by atoms with E-state index in [-0.39, 0.29) is 5.82 Å². The molecule has 2 rings (SSSR count). The summed E-state index contributed by atoms with van der Waals surface area (Å²) in [5, 5.41) is 12.4. The van der Waals surface area contributed by atoms with Crippen molar-refractivity contribution in [3.8, 4) is 0 Å². The Labute approximate surface area is 107 Å². The number of halogens is 2. The SMILES string of the molecule is O=C(O)C1(Cc2ccc(F)cc2Br)CCNC1. The van der Waals surface area contributed by atoms with Gasteiger partial charge in [-0.05, 0) is 37.1 Å². The Kier molecular flexibility index (Phi) is 3.49. The van der Waals surface area contributed by atoms with Crippen LogP contribution in [0.15, 0.2) is 22.7 Å². The molecule has 0 saturated carbocycles. The first-order chi connectivity index (χ1) is 8.03. The molecule has 0 spiro atoms. The van der Waals surface area contributed by atoms with Gasteiger partial charge in [-0.25, -0.2) is 4.39 Å². The first-order valence-electron chi connectivity index (χ1n) is 5.42. The zero-order chi connectivity index (χ0) is 12.5. The summed E-state index contributed by atoms with van der Waals surface area (Å²) in [6, 6.07) is 4.37. The summed E-state index contributed by atoms with van der Waals surface area (Å²) >= 11 is 3.27.